The SMILES string of the molecule is Cc1cn(C)c(=O)nc1-n1cc[n+](C)c1. The van der Waals surface area contributed by atoms with E-state index in [1.165, 1.54) is 4.57 Å². The van der Waals surface area contributed by atoms with Gasteiger partial charge >= 0.3 is 5.69 Å². The molecular weight excluding hydrogens is 192 g/mol. The Labute approximate surface area is 87.2 Å². The van der Waals surface area contributed by atoms with Crippen LogP contribution in [0.2, 0.25) is 0 Å². The maximum Gasteiger partial charge on any atom is 0.351 e. The van der Waals surface area contributed by atoms with Crippen LogP contribution in [0, 0.1) is 6.92 Å². The van der Waals surface area contributed by atoms with E-state index < -0.39 is 0 Å². The molecule has 0 spiro atoms. The van der Waals surface area contributed by atoms with Gasteiger partial charge in [0, 0.05) is 18.8 Å². The topological polar surface area (TPSA) is 43.7 Å². The zero-order valence-electron chi connectivity index (χ0n) is 9.01. The van der Waals surface area contributed by atoms with Gasteiger partial charge in [-0.05, 0) is 6.92 Å². The second-order valence-electron chi connectivity index (χ2n) is 3.63. The molecule has 0 aliphatic carbocycles. The maximum absolute atomic E-state index is 11.4. The van der Waals surface area contributed by atoms with Crippen LogP contribution in [-0.4, -0.2) is 14.1 Å². The number of hydrogen-bond acceptors (Lipinski definition) is 2. The average Bonchev–Trinajstić information content (AvgIpc) is 2.58. The highest BCUT2D eigenvalue weighted by Crippen LogP contribution is 2.05. The molecule has 0 fully saturated rings. The normalized spacial score (nSPS) is 10.6. The van der Waals surface area contributed by atoms with E-state index in [1.54, 1.807) is 13.2 Å². The lowest BCUT2D eigenvalue weighted by Gasteiger charge is -2.01. The van der Waals surface area contributed by atoms with E-state index >= 15 is 0 Å². The van der Waals surface area contributed by atoms with Gasteiger partial charge in [-0.2, -0.15) is 9.55 Å². The highest BCUT2D eigenvalue weighted by Gasteiger charge is 2.10. The second kappa shape index (κ2) is 3.34. The van der Waals surface area contributed by atoms with Crippen molar-refractivity contribution in [1.29, 1.82) is 0 Å². The minimum atomic E-state index is -0.244. The summed E-state index contributed by atoms with van der Waals surface area (Å²) in [6.45, 7) is 1.93. The van der Waals surface area contributed by atoms with Crippen LogP contribution in [0.4, 0.5) is 0 Å². The fourth-order valence-electron chi connectivity index (χ4n) is 1.50. The van der Waals surface area contributed by atoms with Gasteiger partial charge in [-0.15, -0.1) is 0 Å². The third-order valence-electron chi connectivity index (χ3n) is 2.26. The molecule has 0 amide bonds. The molecule has 15 heavy (non-hydrogen) atoms. The van der Waals surface area contributed by atoms with E-state index in [1.807, 2.05) is 41.8 Å². The zero-order valence-corrected chi connectivity index (χ0v) is 9.01. The molecule has 0 unspecified atom stereocenters. The monoisotopic (exact) mass is 205 g/mol. The summed E-state index contributed by atoms with van der Waals surface area (Å²) in [6, 6.07) is 0. The lowest BCUT2D eigenvalue weighted by molar-refractivity contribution is -0.670. The number of nitrogens with zero attached hydrogens (tertiary/aromatic N) is 4. The van der Waals surface area contributed by atoms with E-state index in [0.29, 0.717) is 5.82 Å². The van der Waals surface area contributed by atoms with Gasteiger partial charge in [0.15, 0.2) is 0 Å². The van der Waals surface area contributed by atoms with Crippen molar-refractivity contribution < 1.29 is 4.57 Å². The van der Waals surface area contributed by atoms with Crippen LogP contribution in [0.5, 0.6) is 0 Å². The van der Waals surface area contributed by atoms with Crippen molar-refractivity contribution in [2.45, 2.75) is 6.92 Å². The minimum Gasteiger partial charge on any atom is -0.302 e. The first-order valence-corrected chi connectivity index (χ1v) is 4.66. The predicted octanol–water partition coefficient (Wildman–Crippen LogP) is -0.296. The van der Waals surface area contributed by atoms with Gasteiger partial charge < -0.3 is 4.57 Å². The van der Waals surface area contributed by atoms with Crippen molar-refractivity contribution in [2.24, 2.45) is 14.1 Å². The van der Waals surface area contributed by atoms with Crippen LogP contribution in [0.15, 0.2) is 29.7 Å². The van der Waals surface area contributed by atoms with Gasteiger partial charge in [0.25, 0.3) is 0 Å². The van der Waals surface area contributed by atoms with E-state index in [-0.39, 0.29) is 5.69 Å². The molecule has 0 radical (unpaired) electrons. The molecule has 0 bridgehead atoms. The molecule has 0 N–H and O–H groups in total. The molecular formula is C10H13N4O+. The molecule has 0 atom stereocenters. The lowest BCUT2D eigenvalue weighted by atomic mass is 10.3. The Hall–Kier alpha value is -1.91. The van der Waals surface area contributed by atoms with Gasteiger partial charge in [-0.1, -0.05) is 0 Å². The first kappa shape index (κ1) is 9.64. The molecule has 2 aromatic heterocycles. The third kappa shape index (κ3) is 1.68. The Kier molecular flexibility index (Phi) is 2.15. The number of aromatic nitrogens is 4. The molecule has 0 aliphatic heterocycles. The van der Waals surface area contributed by atoms with E-state index in [9.17, 15) is 4.79 Å². The van der Waals surface area contributed by atoms with Crippen molar-refractivity contribution in [3.8, 4) is 5.82 Å². The largest absolute Gasteiger partial charge is 0.351 e. The molecule has 2 rings (SSSR count). The van der Waals surface area contributed by atoms with Crippen LogP contribution in [0.3, 0.4) is 0 Å². The molecule has 0 aromatic carbocycles. The summed E-state index contributed by atoms with van der Waals surface area (Å²) in [5.74, 6) is 0.679. The van der Waals surface area contributed by atoms with E-state index in [4.69, 9.17) is 0 Å². The summed E-state index contributed by atoms with van der Waals surface area (Å²) in [5, 5.41) is 0. The molecule has 2 heterocycles. The molecule has 2 aromatic rings. The Bertz CT molecular complexity index is 553. The third-order valence-corrected chi connectivity index (χ3v) is 2.26. The minimum absolute atomic E-state index is 0.244. The summed E-state index contributed by atoms with van der Waals surface area (Å²) < 4.78 is 5.21. The highest BCUT2D eigenvalue weighted by atomic mass is 16.1. The quantitative estimate of drug-likeness (QED) is 0.600. The van der Waals surface area contributed by atoms with Gasteiger partial charge in [-0.25, -0.2) is 9.36 Å². The molecule has 5 nitrogen and oxygen atoms in total. The van der Waals surface area contributed by atoms with Crippen LogP contribution in [0.1, 0.15) is 5.56 Å². The first-order chi connectivity index (χ1) is 7.08. The fourth-order valence-corrected chi connectivity index (χ4v) is 1.50. The van der Waals surface area contributed by atoms with Crippen molar-refractivity contribution in [3.63, 3.8) is 0 Å². The zero-order chi connectivity index (χ0) is 11.0. The standard InChI is InChI=1S/C10H13N4O/c1-8-6-13(3)10(15)11-9(8)14-5-4-12(2)7-14/h4-7H,1-3H3/q+1. The lowest BCUT2D eigenvalue weighted by Crippen LogP contribution is -2.25. The number of hydrogen-bond donors (Lipinski definition) is 0. The van der Waals surface area contributed by atoms with Gasteiger partial charge in [0.2, 0.25) is 12.1 Å². The number of aryl methyl sites for hydroxylation is 3. The smallest absolute Gasteiger partial charge is 0.302 e. The summed E-state index contributed by atoms with van der Waals surface area (Å²) in [4.78, 5) is 15.4. The van der Waals surface area contributed by atoms with Gasteiger partial charge in [0.1, 0.15) is 12.4 Å². The Morgan fingerprint density at radius 1 is 1.47 bits per heavy atom. The van der Waals surface area contributed by atoms with Crippen molar-refractivity contribution in [2.75, 3.05) is 0 Å². The number of imidazole rings is 1. The predicted molar refractivity (Wildman–Crippen MR) is 54.7 cm³/mol. The fraction of sp³-hybridized carbons (Fsp3) is 0.300. The van der Waals surface area contributed by atoms with Crippen molar-refractivity contribution in [3.05, 3.63) is 41.0 Å². The van der Waals surface area contributed by atoms with Crippen molar-refractivity contribution >= 4 is 0 Å². The summed E-state index contributed by atoms with van der Waals surface area (Å²) in [6.07, 6.45) is 7.42. The first-order valence-electron chi connectivity index (χ1n) is 4.66. The van der Waals surface area contributed by atoms with Crippen LogP contribution >= 0.6 is 0 Å². The average molecular weight is 205 g/mol. The van der Waals surface area contributed by atoms with Crippen molar-refractivity contribution in [1.82, 2.24) is 14.1 Å². The summed E-state index contributed by atoms with van der Waals surface area (Å²) in [5.41, 5.74) is 0.722. The maximum atomic E-state index is 11.4. The molecule has 78 valence electrons. The Balaban J connectivity index is 2.63. The van der Waals surface area contributed by atoms with E-state index in [0.717, 1.165) is 5.56 Å². The van der Waals surface area contributed by atoms with E-state index in [2.05, 4.69) is 4.98 Å². The van der Waals surface area contributed by atoms with Gasteiger partial charge in [-0.3, -0.25) is 0 Å². The van der Waals surface area contributed by atoms with Gasteiger partial charge in [0.05, 0.1) is 7.05 Å². The number of rotatable bonds is 1. The van der Waals surface area contributed by atoms with Crippen LogP contribution < -0.4 is 10.3 Å². The highest BCUT2D eigenvalue weighted by molar-refractivity contribution is 5.29. The van der Waals surface area contributed by atoms with Crippen LogP contribution in [0.25, 0.3) is 5.82 Å². The second-order valence-corrected chi connectivity index (χ2v) is 3.63. The molecule has 0 aliphatic rings. The molecule has 0 saturated heterocycles. The Morgan fingerprint density at radius 2 is 2.20 bits per heavy atom. The molecule has 0 saturated carbocycles. The van der Waals surface area contributed by atoms with Crippen LogP contribution in [-0.2, 0) is 14.1 Å². The summed E-state index contributed by atoms with van der Waals surface area (Å²) in [7, 11) is 3.62. The Morgan fingerprint density at radius 3 is 2.80 bits per heavy atom. The summed E-state index contributed by atoms with van der Waals surface area (Å²) >= 11 is 0. The molecule has 5 heteroatoms.